The predicted molar refractivity (Wildman–Crippen MR) is 80.5 cm³/mol. The van der Waals surface area contributed by atoms with Gasteiger partial charge in [0.05, 0.1) is 0 Å². The molecule has 2 unspecified atom stereocenters. The lowest BCUT2D eigenvalue weighted by Crippen LogP contribution is -2.17. The Labute approximate surface area is 113 Å². The van der Waals surface area contributed by atoms with Crippen molar-refractivity contribution in [2.75, 3.05) is 0 Å². The lowest BCUT2D eigenvalue weighted by Gasteiger charge is -2.19. The molecule has 0 aromatic rings. The smallest absolute Gasteiger partial charge is 0.129 e. The molecule has 0 spiro atoms. The third kappa shape index (κ3) is 5.66. The summed E-state index contributed by atoms with van der Waals surface area (Å²) in [6.07, 6.45) is 9.94. The van der Waals surface area contributed by atoms with Gasteiger partial charge in [0, 0.05) is 0 Å². The number of unbranched alkanes of at least 4 members (excludes halogenated alkanes) is 1. The molecular weight excluding hydrogens is 223 g/mol. The molecule has 0 aliphatic heterocycles. The van der Waals surface area contributed by atoms with Crippen LogP contribution in [0.25, 0.3) is 0 Å². The number of hydrogen-bond donors (Lipinski definition) is 0. The number of allylic oxidation sites excluding steroid dienone is 5. The van der Waals surface area contributed by atoms with Crippen molar-refractivity contribution in [2.45, 2.75) is 66.0 Å². The molecule has 0 saturated heterocycles. The largest absolute Gasteiger partial charge is 0.239 e. The molecule has 0 aliphatic carbocycles. The fourth-order valence-corrected chi connectivity index (χ4v) is 1.78. The van der Waals surface area contributed by atoms with E-state index in [-0.39, 0.29) is 0 Å². The minimum absolute atomic E-state index is 0.499. The van der Waals surface area contributed by atoms with E-state index >= 15 is 0 Å². The normalized spacial score (nSPS) is 18.3. The molecule has 0 aromatic carbocycles. The van der Waals surface area contributed by atoms with Gasteiger partial charge >= 0.3 is 0 Å². The van der Waals surface area contributed by atoms with Crippen molar-refractivity contribution < 1.29 is 4.39 Å². The van der Waals surface area contributed by atoms with Gasteiger partial charge in [-0.25, -0.2) is 4.39 Å². The zero-order chi connectivity index (χ0) is 14.2. The first kappa shape index (κ1) is 17.2. The van der Waals surface area contributed by atoms with E-state index in [1.165, 1.54) is 24.8 Å². The molecule has 0 heterocycles. The molecule has 0 nitrogen and oxygen atoms in total. The highest BCUT2D eigenvalue weighted by molar-refractivity contribution is 5.28. The van der Waals surface area contributed by atoms with E-state index in [4.69, 9.17) is 0 Å². The Hall–Kier alpha value is -0.850. The molecule has 0 aromatic heterocycles. The van der Waals surface area contributed by atoms with Crippen LogP contribution in [0.1, 0.15) is 60.3 Å². The summed E-state index contributed by atoms with van der Waals surface area (Å²) < 4.78 is 14.0. The summed E-state index contributed by atoms with van der Waals surface area (Å²) in [6, 6.07) is 0. The zero-order valence-corrected chi connectivity index (χ0v) is 12.7. The van der Waals surface area contributed by atoms with Crippen LogP contribution < -0.4 is 0 Å². The van der Waals surface area contributed by atoms with Crippen molar-refractivity contribution >= 4 is 0 Å². The van der Waals surface area contributed by atoms with Gasteiger partial charge in [-0.1, -0.05) is 58.4 Å². The van der Waals surface area contributed by atoms with Gasteiger partial charge < -0.3 is 0 Å². The molecule has 2 atom stereocenters. The van der Waals surface area contributed by atoms with Crippen LogP contribution in [-0.4, -0.2) is 5.67 Å². The Kier molecular flexibility index (Phi) is 7.90. The minimum atomic E-state index is -1.20. The molecule has 0 rings (SSSR count). The first-order chi connectivity index (χ1) is 8.38. The van der Waals surface area contributed by atoms with E-state index in [1.54, 1.807) is 6.92 Å². The second-order valence-corrected chi connectivity index (χ2v) is 5.31. The van der Waals surface area contributed by atoms with Crippen LogP contribution in [0.4, 0.5) is 4.39 Å². The summed E-state index contributed by atoms with van der Waals surface area (Å²) in [7, 11) is 0. The maximum Gasteiger partial charge on any atom is 0.129 e. The maximum atomic E-state index is 14.0. The molecule has 1 heteroatoms. The molecule has 104 valence electrons. The Bertz CT molecular complexity index is 308. The summed E-state index contributed by atoms with van der Waals surface area (Å²) in [5.74, 6) is 0.499. The summed E-state index contributed by atoms with van der Waals surface area (Å²) in [5, 5.41) is 0. The SMILES string of the molecule is C=C/C(=C\C=C(/C)C(C)(F)CC)C(C)CCCC. The highest BCUT2D eigenvalue weighted by atomic mass is 19.1. The summed E-state index contributed by atoms with van der Waals surface area (Å²) in [6.45, 7) is 13.6. The van der Waals surface area contributed by atoms with Gasteiger partial charge in [-0.3, -0.25) is 0 Å². The van der Waals surface area contributed by atoms with E-state index in [0.29, 0.717) is 12.3 Å². The van der Waals surface area contributed by atoms with E-state index in [0.717, 1.165) is 5.57 Å². The van der Waals surface area contributed by atoms with E-state index in [9.17, 15) is 4.39 Å². The highest BCUT2D eigenvalue weighted by Crippen LogP contribution is 2.26. The topological polar surface area (TPSA) is 0 Å². The first-order valence-electron chi connectivity index (χ1n) is 7.09. The fourth-order valence-electron chi connectivity index (χ4n) is 1.78. The Morgan fingerprint density at radius 3 is 2.39 bits per heavy atom. The molecule has 0 bridgehead atoms. The number of alkyl halides is 1. The lowest BCUT2D eigenvalue weighted by molar-refractivity contribution is 0.232. The van der Waals surface area contributed by atoms with Crippen LogP contribution in [0.3, 0.4) is 0 Å². The third-order valence-corrected chi connectivity index (χ3v) is 3.81. The third-order valence-electron chi connectivity index (χ3n) is 3.81. The van der Waals surface area contributed by atoms with Gasteiger partial charge in [0.15, 0.2) is 0 Å². The summed E-state index contributed by atoms with van der Waals surface area (Å²) in [5.41, 5.74) is 0.789. The van der Waals surface area contributed by atoms with Crippen molar-refractivity contribution in [1.82, 2.24) is 0 Å². The van der Waals surface area contributed by atoms with Crippen molar-refractivity contribution in [3.63, 3.8) is 0 Å². The summed E-state index contributed by atoms with van der Waals surface area (Å²) in [4.78, 5) is 0. The van der Waals surface area contributed by atoms with E-state index < -0.39 is 5.67 Å². The monoisotopic (exact) mass is 252 g/mol. The van der Waals surface area contributed by atoms with Crippen LogP contribution in [0.2, 0.25) is 0 Å². The van der Waals surface area contributed by atoms with Gasteiger partial charge in [0.1, 0.15) is 5.67 Å². The fraction of sp³-hybridized carbons (Fsp3) is 0.647. The highest BCUT2D eigenvalue weighted by Gasteiger charge is 2.21. The Morgan fingerprint density at radius 1 is 1.33 bits per heavy atom. The first-order valence-corrected chi connectivity index (χ1v) is 7.09. The summed E-state index contributed by atoms with van der Waals surface area (Å²) >= 11 is 0. The van der Waals surface area contributed by atoms with Crippen LogP contribution in [0.15, 0.2) is 36.0 Å². The molecular formula is C17H29F. The standard InChI is InChI=1S/C17H29F/c1-7-10-11-14(4)16(8-2)13-12-15(5)17(6,18)9-3/h8,12-14H,2,7,9-11H2,1,3-6H3/b15-12+,16-13+. The Balaban J connectivity index is 4.81. The van der Waals surface area contributed by atoms with Gasteiger partial charge in [-0.05, 0) is 43.8 Å². The predicted octanol–water partition coefficient (Wildman–Crippen LogP) is 6.01. The van der Waals surface area contributed by atoms with Crippen molar-refractivity contribution in [3.8, 4) is 0 Å². The van der Waals surface area contributed by atoms with Gasteiger partial charge in [-0.2, -0.15) is 0 Å². The van der Waals surface area contributed by atoms with Crippen LogP contribution >= 0.6 is 0 Å². The maximum absolute atomic E-state index is 14.0. The number of rotatable bonds is 8. The van der Waals surface area contributed by atoms with Gasteiger partial charge in [0.25, 0.3) is 0 Å². The Morgan fingerprint density at radius 2 is 1.94 bits per heavy atom. The van der Waals surface area contributed by atoms with Gasteiger partial charge in [-0.15, -0.1) is 0 Å². The molecule has 0 amide bonds. The molecule has 0 N–H and O–H groups in total. The molecule has 18 heavy (non-hydrogen) atoms. The van der Waals surface area contributed by atoms with Gasteiger partial charge in [0.2, 0.25) is 0 Å². The van der Waals surface area contributed by atoms with E-state index in [1.807, 2.05) is 32.1 Å². The molecule has 0 fully saturated rings. The lowest BCUT2D eigenvalue weighted by atomic mass is 9.92. The number of hydrogen-bond acceptors (Lipinski definition) is 0. The van der Waals surface area contributed by atoms with Crippen molar-refractivity contribution in [3.05, 3.63) is 36.0 Å². The average molecular weight is 252 g/mol. The quantitative estimate of drug-likeness (QED) is 0.464. The van der Waals surface area contributed by atoms with Crippen molar-refractivity contribution in [1.29, 1.82) is 0 Å². The molecule has 0 aliphatic rings. The van der Waals surface area contributed by atoms with E-state index in [2.05, 4.69) is 20.4 Å². The van der Waals surface area contributed by atoms with Crippen molar-refractivity contribution in [2.24, 2.45) is 5.92 Å². The molecule has 0 radical (unpaired) electrons. The van der Waals surface area contributed by atoms with Crippen LogP contribution in [0.5, 0.6) is 0 Å². The van der Waals surface area contributed by atoms with Crippen LogP contribution in [-0.2, 0) is 0 Å². The minimum Gasteiger partial charge on any atom is -0.239 e. The average Bonchev–Trinajstić information content (AvgIpc) is 2.36. The number of halogens is 1. The molecule has 0 saturated carbocycles. The van der Waals surface area contributed by atoms with Crippen LogP contribution in [0, 0.1) is 5.92 Å². The second kappa shape index (κ2) is 8.29. The second-order valence-electron chi connectivity index (χ2n) is 5.31. The zero-order valence-electron chi connectivity index (χ0n) is 12.7.